The Morgan fingerprint density at radius 2 is 1.68 bits per heavy atom. The fraction of sp³-hybridized carbons (Fsp3) is 0.625. The van der Waals surface area contributed by atoms with E-state index in [9.17, 15) is 0 Å². The van der Waals surface area contributed by atoms with E-state index in [0.717, 1.165) is 17.9 Å². The van der Waals surface area contributed by atoms with Gasteiger partial charge in [0.05, 0.1) is 14.2 Å². The van der Waals surface area contributed by atoms with Crippen LogP contribution in [0.25, 0.3) is 0 Å². The molecule has 1 aromatic rings. The average Bonchev–Trinajstić information content (AvgIpc) is 2.47. The van der Waals surface area contributed by atoms with Crippen molar-refractivity contribution in [2.24, 2.45) is 5.73 Å². The van der Waals surface area contributed by atoms with Gasteiger partial charge in [0.2, 0.25) is 0 Å². The van der Waals surface area contributed by atoms with Crippen molar-refractivity contribution in [3.63, 3.8) is 0 Å². The van der Waals surface area contributed by atoms with Crippen molar-refractivity contribution in [2.45, 2.75) is 43.9 Å². The molecule has 0 atom stereocenters. The van der Waals surface area contributed by atoms with E-state index in [1.165, 1.54) is 42.4 Å². The van der Waals surface area contributed by atoms with Crippen molar-refractivity contribution >= 4 is 0 Å². The fourth-order valence-electron chi connectivity index (χ4n) is 3.98. The van der Waals surface area contributed by atoms with Crippen LogP contribution < -0.4 is 15.2 Å². The van der Waals surface area contributed by atoms with Crippen molar-refractivity contribution < 1.29 is 9.47 Å². The normalized spacial score (nSPS) is 24.2. The molecular formula is C16H23NO2. The summed E-state index contributed by atoms with van der Waals surface area (Å²) in [6.07, 6.45) is 6.04. The minimum atomic E-state index is 0.645. The van der Waals surface area contributed by atoms with E-state index in [4.69, 9.17) is 15.2 Å². The number of fused-ring (bicyclic) bond motifs is 2. The predicted octanol–water partition coefficient (Wildman–Crippen LogP) is 2.96. The zero-order valence-corrected chi connectivity index (χ0v) is 11.9. The first-order valence-electron chi connectivity index (χ1n) is 7.27. The molecule has 3 aliphatic carbocycles. The number of nitrogens with two attached hydrogens (primary N) is 1. The molecule has 3 nitrogen and oxygen atoms in total. The first-order valence-corrected chi connectivity index (χ1v) is 7.27. The molecule has 19 heavy (non-hydrogen) atoms. The van der Waals surface area contributed by atoms with Gasteiger partial charge in [-0.25, -0.2) is 0 Å². The summed E-state index contributed by atoms with van der Waals surface area (Å²) >= 11 is 0. The van der Waals surface area contributed by atoms with Crippen molar-refractivity contribution in [1.82, 2.24) is 0 Å². The highest BCUT2D eigenvalue weighted by Crippen LogP contribution is 2.56. The predicted molar refractivity (Wildman–Crippen MR) is 76.3 cm³/mol. The van der Waals surface area contributed by atoms with Gasteiger partial charge in [-0.15, -0.1) is 0 Å². The number of methoxy groups -OCH3 is 2. The molecule has 0 heterocycles. The Balaban J connectivity index is 2.21. The second-order valence-corrected chi connectivity index (χ2v) is 5.69. The lowest BCUT2D eigenvalue weighted by Crippen LogP contribution is -2.24. The van der Waals surface area contributed by atoms with Crippen LogP contribution in [0.4, 0.5) is 0 Å². The van der Waals surface area contributed by atoms with Crippen LogP contribution in [0.1, 0.15) is 54.2 Å². The smallest absolute Gasteiger partial charge is 0.126 e. The van der Waals surface area contributed by atoms with Crippen LogP contribution in [-0.4, -0.2) is 20.8 Å². The monoisotopic (exact) mass is 261 g/mol. The van der Waals surface area contributed by atoms with Crippen LogP contribution in [0, 0.1) is 0 Å². The number of hydrogen-bond donors (Lipinski definition) is 1. The Labute approximate surface area is 115 Å². The van der Waals surface area contributed by atoms with E-state index in [1.807, 2.05) is 0 Å². The Bertz CT molecular complexity index is 476. The van der Waals surface area contributed by atoms with Crippen molar-refractivity contribution in [3.8, 4) is 11.5 Å². The maximum absolute atomic E-state index is 5.74. The summed E-state index contributed by atoms with van der Waals surface area (Å²) in [5.74, 6) is 3.45. The third kappa shape index (κ3) is 1.91. The van der Waals surface area contributed by atoms with E-state index in [-0.39, 0.29) is 0 Å². The molecule has 0 aromatic heterocycles. The van der Waals surface area contributed by atoms with Crippen molar-refractivity contribution in [1.29, 1.82) is 0 Å². The first kappa shape index (κ1) is 12.8. The molecule has 0 spiro atoms. The van der Waals surface area contributed by atoms with Gasteiger partial charge < -0.3 is 15.2 Å². The van der Waals surface area contributed by atoms with Crippen LogP contribution in [-0.2, 0) is 6.42 Å². The van der Waals surface area contributed by atoms with Gasteiger partial charge >= 0.3 is 0 Å². The molecule has 4 rings (SSSR count). The van der Waals surface area contributed by atoms with Gasteiger partial charge in [0.15, 0.2) is 0 Å². The molecule has 104 valence electrons. The molecule has 1 aromatic carbocycles. The third-order valence-corrected chi connectivity index (χ3v) is 4.78. The Morgan fingerprint density at radius 3 is 2.21 bits per heavy atom. The molecule has 0 saturated heterocycles. The molecule has 2 N–H and O–H groups in total. The second kappa shape index (κ2) is 5.04. The molecule has 2 bridgehead atoms. The lowest BCUT2D eigenvalue weighted by Gasteiger charge is -2.40. The standard InChI is InChI=1S/C16H23NO2/c1-18-13-9-12(7-8-17)16(19-2)15-11-5-3-10(4-6-11)14(13)15/h9-11H,3-8,17H2,1-2H3. The average molecular weight is 261 g/mol. The van der Waals surface area contributed by atoms with E-state index < -0.39 is 0 Å². The van der Waals surface area contributed by atoms with E-state index >= 15 is 0 Å². The summed E-state index contributed by atoms with van der Waals surface area (Å²) < 4.78 is 11.4. The molecule has 3 aliphatic rings. The van der Waals surface area contributed by atoms with Crippen LogP contribution in [0.5, 0.6) is 11.5 Å². The maximum atomic E-state index is 5.74. The van der Waals surface area contributed by atoms with Crippen LogP contribution in [0.3, 0.4) is 0 Å². The molecule has 0 amide bonds. The van der Waals surface area contributed by atoms with Crippen LogP contribution >= 0.6 is 0 Å². The highest BCUT2D eigenvalue weighted by molar-refractivity contribution is 5.59. The highest BCUT2D eigenvalue weighted by atomic mass is 16.5. The molecule has 3 heteroatoms. The minimum absolute atomic E-state index is 0.645. The maximum Gasteiger partial charge on any atom is 0.126 e. The molecule has 1 saturated carbocycles. The molecule has 1 fully saturated rings. The quantitative estimate of drug-likeness (QED) is 0.906. The summed E-state index contributed by atoms with van der Waals surface area (Å²) in [7, 11) is 3.56. The topological polar surface area (TPSA) is 44.5 Å². The number of benzene rings is 1. The van der Waals surface area contributed by atoms with E-state index in [2.05, 4.69) is 6.07 Å². The Morgan fingerprint density at radius 1 is 1.05 bits per heavy atom. The van der Waals surface area contributed by atoms with E-state index in [0.29, 0.717) is 18.4 Å². The van der Waals surface area contributed by atoms with Crippen molar-refractivity contribution in [3.05, 3.63) is 22.8 Å². The summed E-state index contributed by atoms with van der Waals surface area (Å²) in [6.45, 7) is 0.645. The van der Waals surface area contributed by atoms with Crippen molar-refractivity contribution in [2.75, 3.05) is 20.8 Å². The lowest BCUT2D eigenvalue weighted by atomic mass is 9.66. The number of hydrogen-bond acceptors (Lipinski definition) is 3. The fourth-order valence-corrected chi connectivity index (χ4v) is 3.98. The SMILES string of the molecule is COc1cc(CCN)c(OC)c2c1C1CCC2CC1. The molecule has 0 aliphatic heterocycles. The van der Waals surface area contributed by atoms with Gasteiger partial charge in [-0.1, -0.05) is 0 Å². The molecule has 0 unspecified atom stereocenters. The van der Waals surface area contributed by atoms with Gasteiger partial charge in [0, 0.05) is 11.1 Å². The zero-order chi connectivity index (χ0) is 13.4. The third-order valence-electron chi connectivity index (χ3n) is 4.78. The lowest BCUT2D eigenvalue weighted by molar-refractivity contribution is 0.316. The van der Waals surface area contributed by atoms with Crippen LogP contribution in [0.15, 0.2) is 6.07 Å². The summed E-state index contributed by atoms with van der Waals surface area (Å²) in [5, 5.41) is 0. The highest BCUT2D eigenvalue weighted by Gasteiger charge is 2.38. The first-order chi connectivity index (χ1) is 9.30. The Hall–Kier alpha value is -1.22. The van der Waals surface area contributed by atoms with Gasteiger partial charge in [-0.2, -0.15) is 0 Å². The number of rotatable bonds is 4. The largest absolute Gasteiger partial charge is 0.496 e. The zero-order valence-electron chi connectivity index (χ0n) is 11.9. The van der Waals surface area contributed by atoms with Gasteiger partial charge in [-0.3, -0.25) is 0 Å². The van der Waals surface area contributed by atoms with Crippen LogP contribution in [0.2, 0.25) is 0 Å². The van der Waals surface area contributed by atoms with Gasteiger partial charge in [-0.05, 0) is 62.1 Å². The minimum Gasteiger partial charge on any atom is -0.496 e. The van der Waals surface area contributed by atoms with Gasteiger partial charge in [0.25, 0.3) is 0 Å². The summed E-state index contributed by atoms with van der Waals surface area (Å²) in [6, 6.07) is 2.14. The summed E-state index contributed by atoms with van der Waals surface area (Å²) in [4.78, 5) is 0. The van der Waals surface area contributed by atoms with E-state index in [1.54, 1.807) is 14.2 Å². The Kier molecular flexibility index (Phi) is 3.40. The van der Waals surface area contributed by atoms with Gasteiger partial charge in [0.1, 0.15) is 11.5 Å². The second-order valence-electron chi connectivity index (χ2n) is 5.69. The number of ether oxygens (including phenoxy) is 2. The summed E-state index contributed by atoms with van der Waals surface area (Å²) in [5.41, 5.74) is 9.78. The molecule has 0 radical (unpaired) electrons. The molecular weight excluding hydrogens is 238 g/mol.